The molecule has 0 radical (unpaired) electrons. The van der Waals surface area contributed by atoms with Crippen LogP contribution in [0.5, 0.6) is 0 Å². The molecule has 1 aliphatic carbocycles. The molecule has 5 nitrogen and oxygen atoms in total. The lowest BCUT2D eigenvalue weighted by atomic mass is 9.94. The normalized spacial score (nSPS) is 17.5. The maximum Gasteiger partial charge on any atom is 0.340 e. The van der Waals surface area contributed by atoms with Crippen LogP contribution in [0.25, 0.3) is 0 Å². The summed E-state index contributed by atoms with van der Waals surface area (Å²) >= 11 is 0. The Kier molecular flexibility index (Phi) is 4.35. The molecule has 2 amide bonds. The number of nitroso groups, excluding NO2 is 1. The van der Waals surface area contributed by atoms with Crippen molar-refractivity contribution in [2.45, 2.75) is 45.1 Å². The summed E-state index contributed by atoms with van der Waals surface area (Å²) in [5.74, 6) is 0. The molecule has 5 heteroatoms. The summed E-state index contributed by atoms with van der Waals surface area (Å²) in [4.78, 5) is 23.0. The molecule has 1 rings (SSSR count). The summed E-state index contributed by atoms with van der Waals surface area (Å²) in [7, 11) is 0. The molecular formula is C9H17N3O2. The summed E-state index contributed by atoms with van der Waals surface area (Å²) in [6.45, 7) is 2.55. The monoisotopic (exact) mass is 199 g/mol. The minimum Gasteiger partial charge on any atom is -0.321 e. The topological polar surface area (TPSA) is 61.8 Å². The summed E-state index contributed by atoms with van der Waals surface area (Å²) in [5, 5.41) is 2.41. The van der Waals surface area contributed by atoms with E-state index in [1.54, 1.807) is 4.90 Å². The lowest BCUT2D eigenvalue weighted by Gasteiger charge is -2.32. The van der Waals surface area contributed by atoms with Gasteiger partial charge >= 0.3 is 6.03 Å². The molecule has 1 saturated carbocycles. The first-order valence-corrected chi connectivity index (χ1v) is 5.18. The Morgan fingerprint density at radius 3 is 2.57 bits per heavy atom. The Morgan fingerprint density at radius 1 is 1.43 bits per heavy atom. The lowest BCUT2D eigenvalue weighted by molar-refractivity contribution is 0.160. The van der Waals surface area contributed by atoms with E-state index in [2.05, 4.69) is 5.29 Å². The minimum atomic E-state index is -0.366. The van der Waals surface area contributed by atoms with Gasteiger partial charge in [0, 0.05) is 12.6 Å². The SMILES string of the molecule is CCN(C(=O)NN=O)C1CCCCC1. The summed E-state index contributed by atoms with van der Waals surface area (Å²) in [6, 6.07) is -0.0788. The first-order chi connectivity index (χ1) is 6.79. The van der Waals surface area contributed by atoms with Crippen LogP contribution in [-0.4, -0.2) is 23.5 Å². The largest absolute Gasteiger partial charge is 0.340 e. The Labute approximate surface area is 83.8 Å². The van der Waals surface area contributed by atoms with E-state index in [-0.39, 0.29) is 12.1 Å². The van der Waals surface area contributed by atoms with E-state index in [9.17, 15) is 9.70 Å². The number of urea groups is 1. The first kappa shape index (κ1) is 10.9. The zero-order valence-electron chi connectivity index (χ0n) is 8.53. The van der Waals surface area contributed by atoms with Crippen LogP contribution in [-0.2, 0) is 0 Å². The quantitative estimate of drug-likeness (QED) is 0.558. The number of hydrogen-bond donors (Lipinski definition) is 1. The molecule has 0 aromatic heterocycles. The molecule has 80 valence electrons. The number of amides is 2. The minimum absolute atomic E-state index is 0.287. The molecule has 1 fully saturated rings. The Morgan fingerprint density at radius 2 is 2.07 bits per heavy atom. The van der Waals surface area contributed by atoms with Crippen LogP contribution in [0.15, 0.2) is 5.29 Å². The average Bonchev–Trinajstić information content (AvgIpc) is 2.21. The van der Waals surface area contributed by atoms with Crippen molar-refractivity contribution in [1.82, 2.24) is 10.3 Å². The zero-order valence-corrected chi connectivity index (χ0v) is 8.53. The second-order valence-corrected chi connectivity index (χ2v) is 3.59. The lowest BCUT2D eigenvalue weighted by Crippen LogP contribution is -2.45. The van der Waals surface area contributed by atoms with Gasteiger partial charge in [-0.25, -0.2) is 4.79 Å². The summed E-state index contributed by atoms with van der Waals surface area (Å²) in [6.07, 6.45) is 5.67. The number of hydrogen-bond acceptors (Lipinski definition) is 3. The molecule has 0 aromatic carbocycles. The zero-order chi connectivity index (χ0) is 10.4. The molecule has 0 aromatic rings. The van der Waals surface area contributed by atoms with Gasteiger partial charge in [0.25, 0.3) is 0 Å². The Bertz CT molecular complexity index is 202. The van der Waals surface area contributed by atoms with E-state index >= 15 is 0 Å². The first-order valence-electron chi connectivity index (χ1n) is 5.18. The maximum absolute atomic E-state index is 11.4. The van der Waals surface area contributed by atoms with Gasteiger partial charge < -0.3 is 4.90 Å². The number of carbonyl (C=O) groups is 1. The fourth-order valence-corrected chi connectivity index (χ4v) is 2.06. The van der Waals surface area contributed by atoms with E-state index in [1.807, 2.05) is 12.3 Å². The molecule has 0 heterocycles. The molecule has 0 saturated heterocycles. The molecule has 1 N–H and O–H groups in total. The van der Waals surface area contributed by atoms with E-state index < -0.39 is 0 Å². The van der Waals surface area contributed by atoms with Gasteiger partial charge in [0.05, 0.1) is 5.29 Å². The van der Waals surface area contributed by atoms with Crippen LogP contribution >= 0.6 is 0 Å². The Balaban J connectivity index is 2.50. The molecule has 0 bridgehead atoms. The third kappa shape index (κ3) is 2.68. The third-order valence-corrected chi connectivity index (χ3v) is 2.76. The average molecular weight is 199 g/mol. The van der Waals surface area contributed by atoms with Crippen LogP contribution < -0.4 is 5.43 Å². The summed E-state index contributed by atoms with van der Waals surface area (Å²) in [5.41, 5.74) is 1.95. The van der Waals surface area contributed by atoms with Gasteiger partial charge in [-0.2, -0.15) is 5.43 Å². The second kappa shape index (κ2) is 5.57. The van der Waals surface area contributed by atoms with Crippen molar-refractivity contribution >= 4 is 6.03 Å². The highest BCUT2D eigenvalue weighted by Crippen LogP contribution is 2.22. The van der Waals surface area contributed by atoms with Gasteiger partial charge in [-0.3, -0.25) is 0 Å². The van der Waals surface area contributed by atoms with Crippen LogP contribution in [0.4, 0.5) is 4.79 Å². The highest BCUT2D eigenvalue weighted by Gasteiger charge is 2.23. The van der Waals surface area contributed by atoms with Gasteiger partial charge in [0.2, 0.25) is 0 Å². The van der Waals surface area contributed by atoms with E-state index in [1.165, 1.54) is 19.3 Å². The van der Waals surface area contributed by atoms with Crippen LogP contribution in [0.2, 0.25) is 0 Å². The molecule has 1 aliphatic rings. The van der Waals surface area contributed by atoms with E-state index in [4.69, 9.17) is 0 Å². The van der Waals surface area contributed by atoms with Crippen molar-refractivity contribution in [2.24, 2.45) is 5.29 Å². The van der Waals surface area contributed by atoms with Gasteiger partial charge in [0.1, 0.15) is 0 Å². The number of rotatable bonds is 3. The maximum atomic E-state index is 11.4. The highest BCUT2D eigenvalue weighted by atomic mass is 16.3. The molecular weight excluding hydrogens is 182 g/mol. The second-order valence-electron chi connectivity index (χ2n) is 3.59. The fraction of sp³-hybridized carbons (Fsp3) is 0.889. The van der Waals surface area contributed by atoms with E-state index in [0.717, 1.165) is 12.8 Å². The molecule has 0 spiro atoms. The number of nitrogens with zero attached hydrogens (tertiary/aromatic N) is 2. The van der Waals surface area contributed by atoms with Gasteiger partial charge in [-0.1, -0.05) is 19.3 Å². The van der Waals surface area contributed by atoms with Gasteiger partial charge in [0.15, 0.2) is 0 Å². The molecule has 0 atom stereocenters. The van der Waals surface area contributed by atoms with Crippen molar-refractivity contribution in [3.05, 3.63) is 4.91 Å². The van der Waals surface area contributed by atoms with Crippen molar-refractivity contribution in [3.63, 3.8) is 0 Å². The third-order valence-electron chi connectivity index (χ3n) is 2.76. The van der Waals surface area contributed by atoms with Crippen molar-refractivity contribution in [3.8, 4) is 0 Å². The van der Waals surface area contributed by atoms with Crippen LogP contribution in [0.1, 0.15) is 39.0 Å². The van der Waals surface area contributed by atoms with Crippen LogP contribution in [0.3, 0.4) is 0 Å². The molecule has 14 heavy (non-hydrogen) atoms. The van der Waals surface area contributed by atoms with Crippen molar-refractivity contribution in [1.29, 1.82) is 0 Å². The van der Waals surface area contributed by atoms with E-state index in [0.29, 0.717) is 6.54 Å². The van der Waals surface area contributed by atoms with Gasteiger partial charge in [-0.05, 0) is 19.8 Å². The highest BCUT2D eigenvalue weighted by molar-refractivity contribution is 5.74. The molecule has 0 aliphatic heterocycles. The molecule has 0 unspecified atom stereocenters. The van der Waals surface area contributed by atoms with Crippen LogP contribution in [0, 0.1) is 4.91 Å². The number of carbonyl (C=O) groups excluding carboxylic acids is 1. The predicted molar refractivity (Wildman–Crippen MR) is 53.6 cm³/mol. The fourth-order valence-electron chi connectivity index (χ4n) is 2.06. The van der Waals surface area contributed by atoms with Crippen molar-refractivity contribution in [2.75, 3.05) is 6.54 Å². The van der Waals surface area contributed by atoms with Crippen molar-refractivity contribution < 1.29 is 4.79 Å². The number of nitrogens with one attached hydrogen (secondary N) is 1. The smallest absolute Gasteiger partial charge is 0.321 e. The summed E-state index contributed by atoms with van der Waals surface area (Å²) < 4.78 is 0. The Hall–Kier alpha value is -1.13. The predicted octanol–water partition coefficient (Wildman–Crippen LogP) is 2.03. The van der Waals surface area contributed by atoms with Gasteiger partial charge in [-0.15, -0.1) is 4.91 Å². The standard InChI is InChI=1S/C9H17N3O2/c1-2-12(9(13)10-11-14)8-6-4-3-5-7-8/h8H,2-7H2,1H3,(H,10,13,14).